The van der Waals surface area contributed by atoms with Gasteiger partial charge in [-0.3, -0.25) is 9.48 Å². The van der Waals surface area contributed by atoms with Crippen molar-refractivity contribution in [1.82, 2.24) is 19.4 Å². The van der Waals surface area contributed by atoms with Crippen LogP contribution in [0.1, 0.15) is 41.8 Å². The molecule has 4 rings (SSSR count). The van der Waals surface area contributed by atoms with Gasteiger partial charge in [0, 0.05) is 61.7 Å². The van der Waals surface area contributed by atoms with E-state index in [0.29, 0.717) is 49.0 Å². The summed E-state index contributed by atoms with van der Waals surface area (Å²) in [6, 6.07) is 7.22. The zero-order valence-electron chi connectivity index (χ0n) is 16.4. The zero-order chi connectivity index (χ0) is 20.6. The number of fused-ring (bicyclic) bond motifs is 1. The van der Waals surface area contributed by atoms with E-state index >= 15 is 0 Å². The number of aromatic nitrogens is 2. The Labute approximate surface area is 176 Å². The van der Waals surface area contributed by atoms with Crippen molar-refractivity contribution in [2.75, 3.05) is 6.54 Å². The van der Waals surface area contributed by atoms with E-state index in [2.05, 4.69) is 10.4 Å². The Balaban J connectivity index is 1.46. The number of carbonyl (C=O) groups excluding carboxylic acids is 1. The predicted octanol–water partition coefficient (Wildman–Crippen LogP) is 2.17. The standard InChI is InChI=1S/C20H25ClN4O3S/c1-24-19-10-11-25(29(27,28)13-14-2-4-15(21)5-3-14)12-17(19)18(23-24)8-9-20(26)22-16-6-7-16/h2-5,16H,6-13H2,1H3,(H,22,26). The molecule has 1 aliphatic carbocycles. The second kappa shape index (κ2) is 8.08. The molecule has 0 unspecified atom stereocenters. The van der Waals surface area contributed by atoms with Gasteiger partial charge in [-0.15, -0.1) is 0 Å². The first-order valence-electron chi connectivity index (χ1n) is 9.87. The minimum absolute atomic E-state index is 0.0370. The van der Waals surface area contributed by atoms with Gasteiger partial charge in [0.1, 0.15) is 0 Å². The lowest BCUT2D eigenvalue weighted by molar-refractivity contribution is -0.121. The Kier molecular flexibility index (Phi) is 5.68. The van der Waals surface area contributed by atoms with E-state index in [9.17, 15) is 13.2 Å². The molecule has 1 aromatic carbocycles. The molecule has 0 radical (unpaired) electrons. The van der Waals surface area contributed by atoms with Crippen LogP contribution in [-0.4, -0.2) is 41.0 Å². The second-order valence-corrected chi connectivity index (χ2v) is 10.2. The summed E-state index contributed by atoms with van der Waals surface area (Å²) in [4.78, 5) is 12.0. The molecule has 7 nitrogen and oxygen atoms in total. The fourth-order valence-electron chi connectivity index (χ4n) is 3.73. The second-order valence-electron chi connectivity index (χ2n) is 7.80. The van der Waals surface area contributed by atoms with Gasteiger partial charge in [-0.05, 0) is 30.5 Å². The van der Waals surface area contributed by atoms with Gasteiger partial charge >= 0.3 is 0 Å². The minimum atomic E-state index is -3.46. The van der Waals surface area contributed by atoms with Crippen molar-refractivity contribution in [2.45, 2.75) is 50.4 Å². The molecule has 0 bridgehead atoms. The average Bonchev–Trinajstić information content (AvgIpc) is 3.44. The van der Waals surface area contributed by atoms with Crippen molar-refractivity contribution in [3.05, 3.63) is 51.8 Å². The van der Waals surface area contributed by atoms with Crippen LogP contribution in [0.15, 0.2) is 24.3 Å². The largest absolute Gasteiger partial charge is 0.353 e. The summed E-state index contributed by atoms with van der Waals surface area (Å²) in [6.45, 7) is 0.739. The molecule has 1 aromatic heterocycles. The quantitative estimate of drug-likeness (QED) is 0.720. The molecule has 156 valence electrons. The van der Waals surface area contributed by atoms with Crippen molar-refractivity contribution in [2.24, 2.45) is 7.05 Å². The highest BCUT2D eigenvalue weighted by molar-refractivity contribution is 7.88. The van der Waals surface area contributed by atoms with Crippen LogP contribution in [0.4, 0.5) is 0 Å². The molecule has 1 saturated carbocycles. The van der Waals surface area contributed by atoms with Crippen LogP contribution < -0.4 is 5.32 Å². The smallest absolute Gasteiger partial charge is 0.220 e. The molecule has 0 atom stereocenters. The number of sulfonamides is 1. The number of halogens is 1. The number of benzene rings is 1. The molecule has 1 N–H and O–H groups in total. The van der Waals surface area contributed by atoms with Crippen molar-refractivity contribution < 1.29 is 13.2 Å². The fraction of sp³-hybridized carbons (Fsp3) is 0.500. The first kappa shape index (κ1) is 20.4. The lowest BCUT2D eigenvalue weighted by atomic mass is 10.0. The van der Waals surface area contributed by atoms with E-state index in [1.54, 1.807) is 24.3 Å². The van der Waals surface area contributed by atoms with Crippen LogP contribution in [0.25, 0.3) is 0 Å². The Morgan fingerprint density at radius 3 is 2.69 bits per heavy atom. The van der Waals surface area contributed by atoms with Gasteiger partial charge in [-0.25, -0.2) is 8.42 Å². The topological polar surface area (TPSA) is 84.3 Å². The first-order valence-corrected chi connectivity index (χ1v) is 11.9. The third kappa shape index (κ3) is 4.82. The lowest BCUT2D eigenvalue weighted by Gasteiger charge is -2.27. The molecule has 1 aliphatic heterocycles. The number of aryl methyl sites for hydroxylation is 2. The van der Waals surface area contributed by atoms with Crippen LogP contribution in [0, 0.1) is 0 Å². The monoisotopic (exact) mass is 436 g/mol. The van der Waals surface area contributed by atoms with Crippen LogP contribution in [0.2, 0.25) is 5.02 Å². The lowest BCUT2D eigenvalue weighted by Crippen LogP contribution is -2.37. The maximum Gasteiger partial charge on any atom is 0.220 e. The van der Waals surface area contributed by atoms with Gasteiger partial charge in [0.25, 0.3) is 0 Å². The molecule has 1 fully saturated rings. The van der Waals surface area contributed by atoms with Gasteiger partial charge < -0.3 is 5.32 Å². The summed E-state index contributed by atoms with van der Waals surface area (Å²) in [5, 5.41) is 8.14. The molecule has 1 amide bonds. The molecule has 2 aliphatic rings. The van der Waals surface area contributed by atoms with E-state index < -0.39 is 10.0 Å². The van der Waals surface area contributed by atoms with Gasteiger partial charge in [0.2, 0.25) is 15.9 Å². The third-order valence-corrected chi connectivity index (χ3v) is 7.53. The van der Waals surface area contributed by atoms with Gasteiger partial charge in [-0.1, -0.05) is 23.7 Å². The van der Waals surface area contributed by atoms with Crippen LogP contribution in [0.5, 0.6) is 0 Å². The highest BCUT2D eigenvalue weighted by Gasteiger charge is 2.31. The minimum Gasteiger partial charge on any atom is -0.353 e. The number of amides is 1. The molecular weight excluding hydrogens is 412 g/mol. The van der Waals surface area contributed by atoms with Crippen LogP contribution >= 0.6 is 11.6 Å². The Morgan fingerprint density at radius 2 is 2.00 bits per heavy atom. The number of hydrogen-bond acceptors (Lipinski definition) is 4. The fourth-order valence-corrected chi connectivity index (χ4v) is 5.34. The highest BCUT2D eigenvalue weighted by Crippen LogP contribution is 2.26. The van der Waals surface area contributed by atoms with E-state index in [0.717, 1.165) is 29.8 Å². The normalized spacial score (nSPS) is 17.2. The Bertz CT molecular complexity index is 1010. The van der Waals surface area contributed by atoms with Gasteiger partial charge in [0.05, 0.1) is 11.4 Å². The van der Waals surface area contributed by atoms with E-state index in [1.807, 2.05) is 11.7 Å². The SMILES string of the molecule is Cn1nc(CCC(=O)NC2CC2)c2c1CCN(S(=O)(=O)Cc1ccc(Cl)cc1)C2. The third-order valence-electron chi connectivity index (χ3n) is 5.48. The summed E-state index contributed by atoms with van der Waals surface area (Å²) in [7, 11) is -1.58. The predicted molar refractivity (Wildman–Crippen MR) is 111 cm³/mol. The Morgan fingerprint density at radius 1 is 1.28 bits per heavy atom. The Hall–Kier alpha value is -1.90. The maximum atomic E-state index is 13.0. The number of nitrogens with one attached hydrogen (secondary N) is 1. The van der Waals surface area contributed by atoms with Gasteiger partial charge in [0.15, 0.2) is 0 Å². The van der Waals surface area contributed by atoms with Crippen LogP contribution in [-0.2, 0) is 47.0 Å². The average molecular weight is 437 g/mol. The molecular formula is C20H25ClN4O3S. The molecule has 0 spiro atoms. The molecule has 9 heteroatoms. The highest BCUT2D eigenvalue weighted by atomic mass is 35.5. The first-order chi connectivity index (χ1) is 13.8. The maximum absolute atomic E-state index is 13.0. The van der Waals surface area contributed by atoms with E-state index in [4.69, 9.17) is 11.6 Å². The molecule has 2 aromatic rings. The number of hydrogen-bond donors (Lipinski definition) is 1. The van der Waals surface area contributed by atoms with Gasteiger partial charge in [-0.2, -0.15) is 9.40 Å². The molecule has 0 saturated heterocycles. The van der Waals surface area contributed by atoms with Crippen LogP contribution in [0.3, 0.4) is 0 Å². The summed E-state index contributed by atoms with van der Waals surface area (Å²) < 4.78 is 29.3. The van der Waals surface area contributed by atoms with Crippen molar-refractivity contribution >= 4 is 27.5 Å². The van der Waals surface area contributed by atoms with E-state index in [-0.39, 0.29) is 11.7 Å². The van der Waals surface area contributed by atoms with Crippen molar-refractivity contribution in [1.29, 1.82) is 0 Å². The zero-order valence-corrected chi connectivity index (χ0v) is 18.0. The summed E-state index contributed by atoms with van der Waals surface area (Å²) in [5.41, 5.74) is 3.53. The van der Waals surface area contributed by atoms with E-state index in [1.165, 1.54) is 4.31 Å². The summed E-state index contributed by atoms with van der Waals surface area (Å²) >= 11 is 5.89. The molecule has 2 heterocycles. The summed E-state index contributed by atoms with van der Waals surface area (Å²) in [6.07, 6.45) is 3.63. The molecule has 29 heavy (non-hydrogen) atoms. The van der Waals surface area contributed by atoms with Crippen molar-refractivity contribution in [3.8, 4) is 0 Å². The number of carbonyl (C=O) groups is 1. The summed E-state index contributed by atoms with van der Waals surface area (Å²) in [5.74, 6) is -0.0197. The van der Waals surface area contributed by atoms with Crippen molar-refractivity contribution in [3.63, 3.8) is 0 Å². The number of rotatable bonds is 7. The number of nitrogens with zero attached hydrogens (tertiary/aromatic N) is 3.